The van der Waals surface area contributed by atoms with Gasteiger partial charge in [-0.15, -0.1) is 0 Å². The molecule has 140 valence electrons. The van der Waals surface area contributed by atoms with Gasteiger partial charge in [-0.05, 0) is 41.6 Å². The van der Waals surface area contributed by atoms with Crippen LogP contribution in [-0.2, 0) is 4.79 Å². The Bertz CT molecular complexity index is 1020. The number of pyridine rings is 2. The van der Waals surface area contributed by atoms with Crippen molar-refractivity contribution in [2.75, 3.05) is 5.32 Å². The first-order valence-electron chi connectivity index (χ1n) is 8.12. The highest BCUT2D eigenvalue weighted by Gasteiger charge is 2.38. The molecule has 5 nitrogen and oxygen atoms in total. The van der Waals surface area contributed by atoms with E-state index in [1.54, 1.807) is 19.2 Å². The first-order valence-corrected chi connectivity index (χ1v) is 8.12. The number of alkyl halides is 3. The van der Waals surface area contributed by atoms with E-state index in [1.807, 2.05) is 18.2 Å². The summed E-state index contributed by atoms with van der Waals surface area (Å²) in [4.78, 5) is 19.2. The summed E-state index contributed by atoms with van der Waals surface area (Å²) >= 11 is 0. The van der Waals surface area contributed by atoms with Gasteiger partial charge in [-0.3, -0.25) is 9.78 Å². The van der Waals surface area contributed by atoms with E-state index in [0.717, 1.165) is 16.3 Å². The lowest BCUT2D eigenvalue weighted by Gasteiger charge is -2.16. The molecular weight excluding hydrogens is 357 g/mol. The molecule has 1 aromatic carbocycles. The van der Waals surface area contributed by atoms with Gasteiger partial charge >= 0.3 is 6.18 Å². The molecule has 0 unspecified atom stereocenters. The highest BCUT2D eigenvalue weighted by molar-refractivity contribution is 5.92. The van der Waals surface area contributed by atoms with Gasteiger partial charge in [-0.25, -0.2) is 4.98 Å². The van der Waals surface area contributed by atoms with Crippen LogP contribution in [0.3, 0.4) is 0 Å². The molecule has 3 N–H and O–H groups in total. The van der Waals surface area contributed by atoms with Crippen LogP contribution in [0.25, 0.3) is 21.9 Å². The van der Waals surface area contributed by atoms with Crippen molar-refractivity contribution in [3.63, 3.8) is 0 Å². The lowest BCUT2D eigenvalue weighted by Crippen LogP contribution is -2.29. The van der Waals surface area contributed by atoms with Crippen molar-refractivity contribution < 1.29 is 18.0 Å². The van der Waals surface area contributed by atoms with Gasteiger partial charge in [0.25, 0.3) is 0 Å². The van der Waals surface area contributed by atoms with E-state index in [0.29, 0.717) is 16.9 Å². The first kappa shape index (κ1) is 18.8. The van der Waals surface area contributed by atoms with Crippen molar-refractivity contribution in [1.82, 2.24) is 9.97 Å². The molecule has 0 spiro atoms. The fourth-order valence-corrected chi connectivity index (χ4v) is 2.78. The van der Waals surface area contributed by atoms with E-state index in [4.69, 9.17) is 5.73 Å². The van der Waals surface area contributed by atoms with Crippen LogP contribution in [0.5, 0.6) is 0 Å². The number of halogens is 3. The normalized spacial score (nSPS) is 12.8. The van der Waals surface area contributed by atoms with Crippen molar-refractivity contribution in [1.29, 1.82) is 0 Å². The van der Waals surface area contributed by atoms with Crippen molar-refractivity contribution in [2.45, 2.75) is 26.1 Å². The zero-order chi connectivity index (χ0) is 19.8. The minimum atomic E-state index is -4.54. The Morgan fingerprint density at radius 2 is 1.85 bits per heavy atom. The second-order valence-electron chi connectivity index (χ2n) is 6.26. The second-order valence-corrected chi connectivity index (χ2v) is 6.26. The number of nitrogens with two attached hydrogens (primary N) is 1. The molecule has 2 heterocycles. The molecule has 0 aliphatic carbocycles. The van der Waals surface area contributed by atoms with Gasteiger partial charge in [-0.1, -0.05) is 12.1 Å². The monoisotopic (exact) mass is 374 g/mol. The van der Waals surface area contributed by atoms with Gasteiger partial charge < -0.3 is 11.1 Å². The molecule has 1 amide bonds. The molecular formula is C19H17F3N4O. The average Bonchev–Trinajstić information content (AvgIpc) is 2.59. The molecule has 27 heavy (non-hydrogen) atoms. The summed E-state index contributed by atoms with van der Waals surface area (Å²) in [7, 11) is 0. The second kappa shape index (κ2) is 6.96. The number of carbonyl (C=O) groups excluding carboxylic acids is 1. The predicted octanol–water partition coefficient (Wildman–Crippen LogP) is 4.13. The summed E-state index contributed by atoms with van der Waals surface area (Å²) in [5.74, 6) is 0.239. The number of nitrogens with zero attached hydrogens (tertiary/aromatic N) is 2. The maximum absolute atomic E-state index is 12.8. The smallest absolute Gasteiger partial charge is 0.315 e. The number of hydrogen-bond acceptors (Lipinski definition) is 4. The number of aryl methyl sites for hydroxylation is 1. The van der Waals surface area contributed by atoms with Crippen LogP contribution in [0.15, 0.2) is 42.7 Å². The molecule has 0 aliphatic heterocycles. The van der Waals surface area contributed by atoms with Crippen LogP contribution in [0.2, 0.25) is 0 Å². The van der Waals surface area contributed by atoms with Gasteiger partial charge in [0.1, 0.15) is 11.9 Å². The number of nitrogens with one attached hydrogen (secondary N) is 1. The van der Waals surface area contributed by atoms with E-state index in [9.17, 15) is 18.0 Å². The van der Waals surface area contributed by atoms with Crippen molar-refractivity contribution in [3.05, 3.63) is 54.0 Å². The van der Waals surface area contributed by atoms with Gasteiger partial charge in [0.2, 0.25) is 5.91 Å². The van der Waals surface area contributed by atoms with Crippen LogP contribution < -0.4 is 11.1 Å². The standard InChI is InChI=1S/C19H17F3N4O/c1-10-5-16(18(23)19(20,21)22)24-9-15(10)13-4-3-12-7-17(26-11(2)27)25-8-14(12)6-13/h3-9,18H,23H2,1-2H3,(H,25,26,27)/t18-/m1/s1. The predicted molar refractivity (Wildman–Crippen MR) is 97.0 cm³/mol. The molecule has 0 fully saturated rings. The molecule has 3 aromatic rings. The number of amides is 1. The molecule has 3 rings (SSSR count). The van der Waals surface area contributed by atoms with Gasteiger partial charge in [0.05, 0.1) is 5.69 Å². The zero-order valence-corrected chi connectivity index (χ0v) is 14.6. The summed E-state index contributed by atoms with van der Waals surface area (Å²) in [5.41, 5.74) is 7.16. The number of fused-ring (bicyclic) bond motifs is 1. The molecule has 0 radical (unpaired) electrons. The highest BCUT2D eigenvalue weighted by Crippen LogP contribution is 2.32. The third-order valence-electron chi connectivity index (χ3n) is 4.14. The molecule has 0 bridgehead atoms. The number of aromatic nitrogens is 2. The van der Waals surface area contributed by atoms with Gasteiger partial charge in [0.15, 0.2) is 0 Å². The average molecular weight is 374 g/mol. The Kier molecular flexibility index (Phi) is 4.84. The summed E-state index contributed by atoms with van der Waals surface area (Å²) in [6.45, 7) is 3.12. The molecule has 1 atom stereocenters. The maximum atomic E-state index is 12.8. The van der Waals surface area contributed by atoms with Crippen LogP contribution in [0.4, 0.5) is 19.0 Å². The first-order chi connectivity index (χ1) is 12.6. The summed E-state index contributed by atoms with van der Waals surface area (Å²) in [6.07, 6.45) is -1.52. The zero-order valence-electron chi connectivity index (χ0n) is 14.6. The largest absolute Gasteiger partial charge is 0.409 e. The van der Waals surface area contributed by atoms with Crippen LogP contribution in [-0.4, -0.2) is 22.1 Å². The van der Waals surface area contributed by atoms with Crippen molar-refractivity contribution >= 4 is 22.5 Å². The summed E-state index contributed by atoms with van der Waals surface area (Å²) in [5, 5.41) is 4.32. The number of carbonyl (C=O) groups is 1. The van der Waals surface area contributed by atoms with Gasteiger partial charge in [0, 0.05) is 30.3 Å². The van der Waals surface area contributed by atoms with E-state index in [-0.39, 0.29) is 11.6 Å². The molecule has 8 heteroatoms. The van der Waals surface area contributed by atoms with Crippen molar-refractivity contribution in [2.24, 2.45) is 5.73 Å². The SMILES string of the molecule is CC(=O)Nc1cc2ccc(-c3cnc([C@@H](N)C(F)(F)F)cc3C)cc2cn1. The summed E-state index contributed by atoms with van der Waals surface area (Å²) < 4.78 is 38.3. The number of anilines is 1. The lowest BCUT2D eigenvalue weighted by atomic mass is 9.99. The summed E-state index contributed by atoms with van der Waals surface area (Å²) in [6, 6.07) is 6.55. The van der Waals surface area contributed by atoms with Crippen LogP contribution in [0, 0.1) is 6.92 Å². The molecule has 0 saturated heterocycles. The molecule has 0 aliphatic rings. The Balaban J connectivity index is 1.96. The van der Waals surface area contributed by atoms with Crippen molar-refractivity contribution in [3.8, 4) is 11.1 Å². The Morgan fingerprint density at radius 3 is 2.48 bits per heavy atom. The molecule has 0 saturated carbocycles. The number of rotatable bonds is 3. The van der Waals surface area contributed by atoms with Gasteiger partial charge in [-0.2, -0.15) is 13.2 Å². The van der Waals surface area contributed by atoms with Crippen LogP contribution in [0.1, 0.15) is 24.2 Å². The van der Waals surface area contributed by atoms with E-state index in [2.05, 4.69) is 15.3 Å². The maximum Gasteiger partial charge on any atom is 0.409 e. The fourth-order valence-electron chi connectivity index (χ4n) is 2.78. The number of benzene rings is 1. The third-order valence-corrected chi connectivity index (χ3v) is 4.14. The molecule has 2 aromatic heterocycles. The number of hydrogen-bond donors (Lipinski definition) is 2. The van der Waals surface area contributed by atoms with E-state index in [1.165, 1.54) is 19.2 Å². The highest BCUT2D eigenvalue weighted by atomic mass is 19.4. The van der Waals surface area contributed by atoms with Crippen LogP contribution >= 0.6 is 0 Å². The third kappa shape index (κ3) is 4.06. The Hall–Kier alpha value is -3.00. The quantitative estimate of drug-likeness (QED) is 0.722. The van der Waals surface area contributed by atoms with E-state index >= 15 is 0 Å². The minimum Gasteiger partial charge on any atom is -0.315 e. The fraction of sp³-hybridized carbons (Fsp3) is 0.211. The Morgan fingerprint density at radius 1 is 1.11 bits per heavy atom. The Labute approximate surface area is 153 Å². The minimum absolute atomic E-state index is 0.211. The topological polar surface area (TPSA) is 80.9 Å². The lowest BCUT2D eigenvalue weighted by molar-refractivity contribution is -0.150. The van der Waals surface area contributed by atoms with E-state index < -0.39 is 12.2 Å².